The zero-order chi connectivity index (χ0) is 19.3. The van der Waals surface area contributed by atoms with E-state index in [1.54, 1.807) is 24.3 Å². The molecule has 0 saturated heterocycles. The molecule has 0 heterocycles. The molecule has 0 fully saturated rings. The van der Waals surface area contributed by atoms with Gasteiger partial charge in [0.1, 0.15) is 0 Å². The van der Waals surface area contributed by atoms with Gasteiger partial charge in [0.25, 0.3) is 5.91 Å². The molecule has 0 aliphatic heterocycles. The molecule has 136 valence electrons. The van der Waals surface area contributed by atoms with Gasteiger partial charge in [0.2, 0.25) is 5.91 Å². The van der Waals surface area contributed by atoms with E-state index in [1.807, 2.05) is 32.9 Å². The number of rotatable bonds is 5. The third-order valence-electron chi connectivity index (χ3n) is 3.68. The Morgan fingerprint density at radius 3 is 2.08 bits per heavy atom. The average molecular weight is 354 g/mol. The minimum atomic E-state index is -0.526. The number of hydrogen-bond donors (Lipinski definition) is 2. The van der Waals surface area contributed by atoms with Gasteiger partial charge in [-0.3, -0.25) is 9.59 Å². The van der Waals surface area contributed by atoms with Crippen molar-refractivity contribution < 1.29 is 19.1 Å². The van der Waals surface area contributed by atoms with Crippen molar-refractivity contribution in [2.75, 3.05) is 17.2 Å². The fourth-order valence-electron chi connectivity index (χ4n) is 2.78. The summed E-state index contributed by atoms with van der Waals surface area (Å²) in [5, 5.41) is 5.26. The van der Waals surface area contributed by atoms with Crippen molar-refractivity contribution in [1.29, 1.82) is 0 Å². The number of ether oxygens (including phenoxy) is 1. The van der Waals surface area contributed by atoms with Gasteiger partial charge in [-0.05, 0) is 50.1 Å². The molecular weight excluding hydrogens is 332 g/mol. The first kappa shape index (κ1) is 19.2. The summed E-state index contributed by atoms with van der Waals surface area (Å²) in [7, 11) is 0. The number of benzene rings is 2. The number of aryl methyl sites for hydroxylation is 3. The van der Waals surface area contributed by atoms with E-state index in [0.717, 1.165) is 16.7 Å². The van der Waals surface area contributed by atoms with Crippen LogP contribution in [-0.2, 0) is 14.3 Å². The van der Waals surface area contributed by atoms with E-state index >= 15 is 0 Å². The van der Waals surface area contributed by atoms with Gasteiger partial charge in [-0.2, -0.15) is 0 Å². The Balaban J connectivity index is 1.97. The molecule has 0 spiro atoms. The summed E-state index contributed by atoms with van der Waals surface area (Å²) in [5.41, 5.74) is 4.24. The molecule has 0 radical (unpaired) electrons. The van der Waals surface area contributed by atoms with Crippen LogP contribution in [0.2, 0.25) is 0 Å². The molecule has 0 atom stereocenters. The molecule has 0 unspecified atom stereocenters. The quantitative estimate of drug-likeness (QED) is 0.806. The molecule has 6 heteroatoms. The molecule has 0 saturated carbocycles. The van der Waals surface area contributed by atoms with Crippen LogP contribution in [0.4, 0.5) is 11.4 Å². The van der Waals surface area contributed by atoms with Crippen LogP contribution < -0.4 is 10.6 Å². The van der Waals surface area contributed by atoms with E-state index in [4.69, 9.17) is 4.74 Å². The third-order valence-corrected chi connectivity index (χ3v) is 3.68. The molecule has 2 N–H and O–H groups in total. The van der Waals surface area contributed by atoms with Gasteiger partial charge < -0.3 is 15.4 Å². The largest absolute Gasteiger partial charge is 0.452 e. The van der Waals surface area contributed by atoms with Crippen LogP contribution >= 0.6 is 0 Å². The van der Waals surface area contributed by atoms with Crippen LogP contribution in [0.5, 0.6) is 0 Å². The van der Waals surface area contributed by atoms with Crippen LogP contribution in [0.3, 0.4) is 0 Å². The van der Waals surface area contributed by atoms with Crippen LogP contribution in [0, 0.1) is 20.8 Å². The molecule has 2 aromatic carbocycles. The lowest BCUT2D eigenvalue weighted by Gasteiger charge is -2.11. The monoisotopic (exact) mass is 354 g/mol. The Labute approximate surface area is 152 Å². The molecule has 2 aromatic rings. The molecule has 0 bridgehead atoms. The summed E-state index contributed by atoms with van der Waals surface area (Å²) in [6, 6.07) is 10.5. The van der Waals surface area contributed by atoms with Gasteiger partial charge in [0, 0.05) is 18.3 Å². The average Bonchev–Trinajstić information content (AvgIpc) is 2.51. The van der Waals surface area contributed by atoms with Crippen molar-refractivity contribution in [2.45, 2.75) is 27.7 Å². The van der Waals surface area contributed by atoms with Gasteiger partial charge >= 0.3 is 5.97 Å². The highest BCUT2D eigenvalue weighted by Gasteiger charge is 2.16. The molecule has 26 heavy (non-hydrogen) atoms. The molecule has 0 aromatic heterocycles. The normalized spacial score (nSPS) is 10.2. The van der Waals surface area contributed by atoms with Gasteiger partial charge in [0.15, 0.2) is 6.61 Å². The first-order chi connectivity index (χ1) is 12.3. The lowest BCUT2D eigenvalue weighted by atomic mass is 10.00. The summed E-state index contributed by atoms with van der Waals surface area (Å²) in [5.74, 6) is -1.19. The number of amides is 2. The van der Waals surface area contributed by atoms with Crippen molar-refractivity contribution in [3.8, 4) is 0 Å². The molecular formula is C20H22N2O4. The van der Waals surface area contributed by atoms with Gasteiger partial charge in [-0.1, -0.05) is 23.8 Å². The Morgan fingerprint density at radius 1 is 0.923 bits per heavy atom. The summed E-state index contributed by atoms with van der Waals surface area (Å²) in [6.45, 7) is 6.64. The lowest BCUT2D eigenvalue weighted by Crippen LogP contribution is -2.21. The Hall–Kier alpha value is -3.15. The number of esters is 1. The summed E-state index contributed by atoms with van der Waals surface area (Å²) in [4.78, 5) is 35.4. The lowest BCUT2D eigenvalue weighted by molar-refractivity contribution is -0.119. The van der Waals surface area contributed by atoms with Crippen LogP contribution in [-0.4, -0.2) is 24.4 Å². The summed E-state index contributed by atoms with van der Waals surface area (Å²) < 4.78 is 5.14. The van der Waals surface area contributed by atoms with Gasteiger partial charge in [-0.25, -0.2) is 4.79 Å². The maximum atomic E-state index is 12.3. The van der Waals surface area contributed by atoms with Crippen molar-refractivity contribution in [2.24, 2.45) is 0 Å². The van der Waals surface area contributed by atoms with Crippen molar-refractivity contribution in [3.05, 3.63) is 58.7 Å². The van der Waals surface area contributed by atoms with Crippen LogP contribution in [0.15, 0.2) is 36.4 Å². The topological polar surface area (TPSA) is 84.5 Å². The van der Waals surface area contributed by atoms with E-state index in [9.17, 15) is 14.4 Å². The minimum Gasteiger partial charge on any atom is -0.452 e. The predicted molar refractivity (Wildman–Crippen MR) is 100 cm³/mol. The highest BCUT2D eigenvalue weighted by atomic mass is 16.5. The zero-order valence-corrected chi connectivity index (χ0v) is 15.3. The number of anilines is 2. The molecule has 0 aliphatic rings. The third kappa shape index (κ3) is 5.17. The molecule has 0 aliphatic carbocycles. The summed E-state index contributed by atoms with van der Waals surface area (Å²) >= 11 is 0. The van der Waals surface area contributed by atoms with Crippen molar-refractivity contribution in [3.63, 3.8) is 0 Å². The van der Waals surface area contributed by atoms with Gasteiger partial charge in [-0.15, -0.1) is 0 Å². The van der Waals surface area contributed by atoms with E-state index in [0.29, 0.717) is 16.9 Å². The van der Waals surface area contributed by atoms with Crippen molar-refractivity contribution in [1.82, 2.24) is 0 Å². The second-order valence-electron chi connectivity index (χ2n) is 6.16. The SMILES string of the molecule is CC(=O)Nc1cccc(NC(=O)COC(=O)c2c(C)cc(C)cc2C)c1. The number of nitrogens with one attached hydrogen (secondary N) is 2. The Bertz CT molecular complexity index is 836. The minimum absolute atomic E-state index is 0.203. The smallest absolute Gasteiger partial charge is 0.339 e. The highest BCUT2D eigenvalue weighted by molar-refractivity contribution is 5.97. The number of carbonyl (C=O) groups is 3. The highest BCUT2D eigenvalue weighted by Crippen LogP contribution is 2.18. The fraction of sp³-hybridized carbons (Fsp3) is 0.250. The number of hydrogen-bond acceptors (Lipinski definition) is 4. The Morgan fingerprint density at radius 2 is 1.50 bits per heavy atom. The first-order valence-electron chi connectivity index (χ1n) is 8.18. The maximum Gasteiger partial charge on any atom is 0.339 e. The van der Waals surface area contributed by atoms with Crippen LogP contribution in [0.25, 0.3) is 0 Å². The molecule has 2 amide bonds. The zero-order valence-electron chi connectivity index (χ0n) is 15.3. The predicted octanol–water partition coefficient (Wildman–Crippen LogP) is 3.37. The van der Waals surface area contributed by atoms with E-state index in [1.165, 1.54) is 6.92 Å². The first-order valence-corrected chi connectivity index (χ1v) is 8.18. The van der Waals surface area contributed by atoms with Crippen molar-refractivity contribution >= 4 is 29.2 Å². The second-order valence-corrected chi connectivity index (χ2v) is 6.16. The van der Waals surface area contributed by atoms with Gasteiger partial charge in [0.05, 0.1) is 5.56 Å². The number of carbonyl (C=O) groups excluding carboxylic acids is 3. The Kier molecular flexibility index (Phi) is 6.11. The second kappa shape index (κ2) is 8.29. The standard InChI is InChI=1S/C20H22N2O4/c1-12-8-13(2)19(14(3)9-12)20(25)26-11-18(24)22-17-7-5-6-16(10-17)21-15(4)23/h5-10H,11H2,1-4H3,(H,21,23)(H,22,24). The van der Waals surface area contributed by atoms with E-state index < -0.39 is 18.5 Å². The summed E-state index contributed by atoms with van der Waals surface area (Å²) in [6.07, 6.45) is 0. The van der Waals surface area contributed by atoms with Crippen LogP contribution in [0.1, 0.15) is 34.0 Å². The van der Waals surface area contributed by atoms with E-state index in [2.05, 4.69) is 10.6 Å². The molecule has 6 nitrogen and oxygen atoms in total. The van der Waals surface area contributed by atoms with E-state index in [-0.39, 0.29) is 5.91 Å². The maximum absolute atomic E-state index is 12.3. The molecule has 2 rings (SSSR count). The fourth-order valence-corrected chi connectivity index (χ4v) is 2.78.